The smallest absolute Gasteiger partial charge is 0.317 e. The van der Waals surface area contributed by atoms with E-state index in [9.17, 15) is 14.4 Å². The molecule has 3 amide bonds. The fourth-order valence-corrected chi connectivity index (χ4v) is 1.38. The first-order valence-electron chi connectivity index (χ1n) is 6.29. The third kappa shape index (κ3) is 6.93. The number of carbonyl (C=O) groups is 3. The van der Waals surface area contributed by atoms with Crippen LogP contribution in [0.1, 0.15) is 13.3 Å². The summed E-state index contributed by atoms with van der Waals surface area (Å²) in [6.07, 6.45) is -0.792. The van der Waals surface area contributed by atoms with Gasteiger partial charge in [-0.05, 0) is 6.92 Å². The zero-order valence-corrected chi connectivity index (χ0v) is 12.4. The Kier molecular flexibility index (Phi) is 8.30. The molecule has 0 saturated heterocycles. The molecule has 0 aliphatic carbocycles. The molecule has 1 unspecified atom stereocenters. The molecule has 1 atom stereocenters. The molecule has 0 aliphatic rings. The molecular formula is C12H23N3O5. The van der Waals surface area contributed by atoms with E-state index in [0.29, 0.717) is 6.54 Å². The molecule has 8 heteroatoms. The number of ether oxygens (including phenoxy) is 1. The van der Waals surface area contributed by atoms with Crippen molar-refractivity contribution in [3.63, 3.8) is 0 Å². The summed E-state index contributed by atoms with van der Waals surface area (Å²) in [5.41, 5.74) is 0. The first-order chi connectivity index (χ1) is 9.31. The second-order valence-electron chi connectivity index (χ2n) is 4.44. The highest BCUT2D eigenvalue weighted by molar-refractivity contribution is 5.83. The van der Waals surface area contributed by atoms with Crippen molar-refractivity contribution < 1.29 is 24.2 Å². The Balaban J connectivity index is 4.34. The minimum absolute atomic E-state index is 0.0219. The first-order valence-corrected chi connectivity index (χ1v) is 6.29. The number of carbonyl (C=O) groups excluding carboxylic acids is 2. The van der Waals surface area contributed by atoms with Crippen molar-refractivity contribution in [1.82, 2.24) is 15.1 Å². The first kappa shape index (κ1) is 18.2. The summed E-state index contributed by atoms with van der Waals surface area (Å²) in [5.74, 6) is -1.18. The van der Waals surface area contributed by atoms with Gasteiger partial charge in [-0.1, -0.05) is 0 Å². The topological polar surface area (TPSA) is 99.2 Å². The van der Waals surface area contributed by atoms with Crippen molar-refractivity contribution in [3.8, 4) is 0 Å². The summed E-state index contributed by atoms with van der Waals surface area (Å²) in [4.78, 5) is 36.8. The molecule has 0 bridgehead atoms. The van der Waals surface area contributed by atoms with E-state index < -0.39 is 18.1 Å². The molecule has 0 aromatic rings. The average Bonchev–Trinajstić information content (AvgIpc) is 2.39. The maximum atomic E-state index is 11.9. The Hall–Kier alpha value is -1.83. The van der Waals surface area contributed by atoms with E-state index >= 15 is 0 Å². The number of carboxylic acids is 1. The number of methoxy groups -OCH3 is 1. The Bertz CT molecular complexity index is 346. The van der Waals surface area contributed by atoms with Crippen LogP contribution in [0.3, 0.4) is 0 Å². The van der Waals surface area contributed by atoms with Crippen LogP contribution in [0.4, 0.5) is 4.79 Å². The average molecular weight is 289 g/mol. The van der Waals surface area contributed by atoms with Crippen LogP contribution in [0.5, 0.6) is 0 Å². The van der Waals surface area contributed by atoms with E-state index in [1.54, 1.807) is 21.0 Å². The number of nitrogens with one attached hydrogen (secondary N) is 1. The SMILES string of the molecule is CCN(CC(=O)N(C)C)C(=O)NCC(CC(=O)O)OC. The second kappa shape index (κ2) is 9.13. The molecule has 0 aromatic carbocycles. The highest BCUT2D eigenvalue weighted by atomic mass is 16.5. The largest absolute Gasteiger partial charge is 0.481 e. The molecule has 0 aliphatic heterocycles. The van der Waals surface area contributed by atoms with Crippen LogP contribution in [0.25, 0.3) is 0 Å². The highest BCUT2D eigenvalue weighted by Crippen LogP contribution is 1.97. The van der Waals surface area contributed by atoms with Crippen LogP contribution in [-0.4, -0.2) is 79.8 Å². The number of rotatable bonds is 8. The maximum absolute atomic E-state index is 11.9. The quantitative estimate of drug-likeness (QED) is 0.633. The number of hydrogen-bond donors (Lipinski definition) is 2. The second-order valence-corrected chi connectivity index (χ2v) is 4.44. The lowest BCUT2D eigenvalue weighted by molar-refractivity contribution is -0.139. The zero-order valence-electron chi connectivity index (χ0n) is 12.4. The van der Waals surface area contributed by atoms with Gasteiger partial charge < -0.3 is 25.0 Å². The van der Waals surface area contributed by atoms with Crippen molar-refractivity contribution in [2.75, 3.05) is 40.8 Å². The normalized spacial score (nSPS) is 11.6. The summed E-state index contributed by atoms with van der Waals surface area (Å²) in [5, 5.41) is 11.2. The van der Waals surface area contributed by atoms with Crippen LogP contribution < -0.4 is 5.32 Å². The molecule has 0 aromatic heterocycles. The third-order valence-electron chi connectivity index (χ3n) is 2.71. The van der Waals surface area contributed by atoms with Crippen LogP contribution in [0, 0.1) is 0 Å². The molecule has 8 nitrogen and oxygen atoms in total. The fraction of sp³-hybridized carbons (Fsp3) is 0.750. The fourth-order valence-electron chi connectivity index (χ4n) is 1.38. The summed E-state index contributed by atoms with van der Waals surface area (Å²) in [7, 11) is 4.61. The predicted octanol–water partition coefficient (Wildman–Crippen LogP) is -0.404. The maximum Gasteiger partial charge on any atom is 0.317 e. The monoisotopic (exact) mass is 289 g/mol. The van der Waals surface area contributed by atoms with E-state index in [4.69, 9.17) is 9.84 Å². The minimum atomic E-state index is -0.999. The highest BCUT2D eigenvalue weighted by Gasteiger charge is 2.18. The van der Waals surface area contributed by atoms with Crippen LogP contribution in [0.2, 0.25) is 0 Å². The van der Waals surface area contributed by atoms with Gasteiger partial charge in [-0.2, -0.15) is 0 Å². The molecule has 0 rings (SSSR count). The number of nitrogens with zero attached hydrogens (tertiary/aromatic N) is 2. The van der Waals surface area contributed by atoms with Gasteiger partial charge >= 0.3 is 12.0 Å². The van der Waals surface area contributed by atoms with Gasteiger partial charge in [-0.15, -0.1) is 0 Å². The number of urea groups is 1. The molecule has 0 spiro atoms. The van der Waals surface area contributed by atoms with E-state index in [1.807, 2.05) is 0 Å². The summed E-state index contributed by atoms with van der Waals surface area (Å²) in [6.45, 7) is 2.19. The van der Waals surface area contributed by atoms with Gasteiger partial charge in [-0.3, -0.25) is 9.59 Å². The lowest BCUT2D eigenvalue weighted by Crippen LogP contribution is -2.47. The lowest BCUT2D eigenvalue weighted by atomic mass is 10.2. The van der Waals surface area contributed by atoms with E-state index in [1.165, 1.54) is 16.9 Å². The van der Waals surface area contributed by atoms with E-state index in [2.05, 4.69) is 5.32 Å². The predicted molar refractivity (Wildman–Crippen MR) is 72.4 cm³/mol. The molecule has 20 heavy (non-hydrogen) atoms. The minimum Gasteiger partial charge on any atom is -0.481 e. The number of carboxylic acid groups (broad SMARTS) is 1. The van der Waals surface area contributed by atoms with Crippen LogP contribution >= 0.6 is 0 Å². The number of aliphatic carboxylic acids is 1. The van der Waals surface area contributed by atoms with Crippen molar-refractivity contribution >= 4 is 17.9 Å². The Labute approximate surface area is 118 Å². The summed E-state index contributed by atoms with van der Waals surface area (Å²) < 4.78 is 4.95. The van der Waals surface area contributed by atoms with Crippen LogP contribution in [0.15, 0.2) is 0 Å². The third-order valence-corrected chi connectivity index (χ3v) is 2.71. The summed E-state index contributed by atoms with van der Waals surface area (Å²) in [6, 6.07) is -0.421. The van der Waals surface area contributed by atoms with E-state index in [-0.39, 0.29) is 25.4 Å². The van der Waals surface area contributed by atoms with Crippen molar-refractivity contribution in [2.45, 2.75) is 19.4 Å². The standard InChI is InChI=1S/C12H23N3O5/c1-5-15(8-10(16)14(2)3)12(19)13-7-9(20-4)6-11(17)18/h9H,5-8H2,1-4H3,(H,13,19)(H,17,18). The molecule has 0 heterocycles. The van der Waals surface area contributed by atoms with Gasteiger partial charge in [0.2, 0.25) is 5.91 Å². The molecule has 0 saturated carbocycles. The number of likely N-dealkylation sites (N-methyl/N-ethyl adjacent to an activating group) is 2. The van der Waals surface area contributed by atoms with Crippen LogP contribution in [-0.2, 0) is 14.3 Å². The lowest BCUT2D eigenvalue weighted by Gasteiger charge is -2.23. The van der Waals surface area contributed by atoms with Gasteiger partial charge in [0.05, 0.1) is 12.5 Å². The Morgan fingerprint density at radius 1 is 1.30 bits per heavy atom. The van der Waals surface area contributed by atoms with E-state index in [0.717, 1.165) is 0 Å². The van der Waals surface area contributed by atoms with Gasteiger partial charge in [0.15, 0.2) is 0 Å². The number of amides is 3. The van der Waals surface area contributed by atoms with Crippen molar-refractivity contribution in [3.05, 3.63) is 0 Å². The zero-order chi connectivity index (χ0) is 15.7. The van der Waals surface area contributed by atoms with Crippen molar-refractivity contribution in [2.24, 2.45) is 0 Å². The Morgan fingerprint density at radius 3 is 2.30 bits per heavy atom. The van der Waals surface area contributed by atoms with Gasteiger partial charge in [0.25, 0.3) is 0 Å². The molecular weight excluding hydrogens is 266 g/mol. The summed E-state index contributed by atoms with van der Waals surface area (Å²) >= 11 is 0. The van der Waals surface area contributed by atoms with Gasteiger partial charge in [0.1, 0.15) is 6.54 Å². The van der Waals surface area contributed by atoms with Crippen molar-refractivity contribution in [1.29, 1.82) is 0 Å². The molecule has 116 valence electrons. The molecule has 2 N–H and O–H groups in total. The van der Waals surface area contributed by atoms with Gasteiger partial charge in [0, 0.05) is 34.3 Å². The Morgan fingerprint density at radius 2 is 1.90 bits per heavy atom. The van der Waals surface area contributed by atoms with Gasteiger partial charge in [-0.25, -0.2) is 4.79 Å². The molecule has 0 radical (unpaired) electrons. The number of hydrogen-bond acceptors (Lipinski definition) is 4. The molecule has 0 fully saturated rings.